The van der Waals surface area contributed by atoms with Gasteiger partial charge < -0.3 is 25.5 Å². The highest BCUT2D eigenvalue weighted by Gasteiger charge is 2.19. The first-order valence-corrected chi connectivity index (χ1v) is 4.06. The molecule has 0 aliphatic carbocycles. The first kappa shape index (κ1) is 11.0. The highest BCUT2D eigenvalue weighted by Crippen LogP contribution is 2.45. The zero-order chi connectivity index (χ0) is 11.6. The number of phenols is 4. The molecule has 5 heteroatoms. The van der Waals surface area contributed by atoms with Gasteiger partial charge in [-0.3, -0.25) is 0 Å². The average Bonchev–Trinajstić information content (AvgIpc) is 2.24. The predicted octanol–water partition coefficient (Wildman–Crippen LogP) is 0.161. The Morgan fingerprint density at radius 3 is 1.80 bits per heavy atom. The highest BCUT2D eigenvalue weighted by molar-refractivity contribution is 5.68. The van der Waals surface area contributed by atoms with Crippen LogP contribution in [0.3, 0.4) is 0 Å². The van der Waals surface area contributed by atoms with Crippen molar-refractivity contribution in [2.45, 2.75) is 6.92 Å². The molecule has 0 radical (unpaired) electrons. The number of phenolic OH excluding ortho intramolecular Hbond substituents is 4. The van der Waals surface area contributed by atoms with Crippen LogP contribution in [-0.2, 0) is 0 Å². The van der Waals surface area contributed by atoms with Gasteiger partial charge in [0.05, 0.1) is 0 Å². The van der Waals surface area contributed by atoms with E-state index >= 15 is 0 Å². The lowest BCUT2D eigenvalue weighted by Crippen LogP contribution is -1.86. The third kappa shape index (κ3) is 1.75. The molecule has 1 rings (SSSR count). The highest BCUT2D eigenvalue weighted by atomic mass is 16.3. The van der Waals surface area contributed by atoms with Gasteiger partial charge in [0.1, 0.15) is 12.2 Å². The van der Waals surface area contributed by atoms with E-state index in [9.17, 15) is 20.4 Å². The SMILES string of the molecule is Cc1c(O)c(O)c(C#CCO)c(O)c1O. The Labute approximate surface area is 85.9 Å². The normalized spacial score (nSPS) is 9.47. The van der Waals surface area contributed by atoms with Crippen LogP contribution in [0.5, 0.6) is 23.0 Å². The second-order valence-electron chi connectivity index (χ2n) is 2.85. The lowest BCUT2D eigenvalue weighted by Gasteiger charge is -2.09. The molecule has 0 spiro atoms. The van der Waals surface area contributed by atoms with Gasteiger partial charge in [0, 0.05) is 5.56 Å². The lowest BCUT2D eigenvalue weighted by molar-refractivity contribution is 0.350. The molecule has 0 heterocycles. The molecule has 0 saturated heterocycles. The van der Waals surface area contributed by atoms with Crippen molar-refractivity contribution < 1.29 is 25.5 Å². The second kappa shape index (κ2) is 3.98. The molecule has 1 aromatic rings. The van der Waals surface area contributed by atoms with Crippen LogP contribution in [0.2, 0.25) is 0 Å². The van der Waals surface area contributed by atoms with Crippen LogP contribution >= 0.6 is 0 Å². The van der Waals surface area contributed by atoms with Gasteiger partial charge in [-0.05, 0) is 6.92 Å². The summed E-state index contributed by atoms with van der Waals surface area (Å²) in [5.41, 5.74) is -0.357. The van der Waals surface area contributed by atoms with Gasteiger partial charge in [-0.1, -0.05) is 11.8 Å². The molecule has 0 unspecified atom stereocenters. The van der Waals surface area contributed by atoms with Gasteiger partial charge in [0.15, 0.2) is 23.0 Å². The zero-order valence-corrected chi connectivity index (χ0v) is 7.94. The standard InChI is InChI=1S/C10H10O5/c1-5-7(12)9(14)6(3-2-4-11)10(15)8(5)13/h11-15H,4H2,1H3. The van der Waals surface area contributed by atoms with Crippen molar-refractivity contribution in [1.82, 2.24) is 0 Å². The maximum Gasteiger partial charge on any atom is 0.177 e. The number of hydrogen-bond donors (Lipinski definition) is 5. The van der Waals surface area contributed by atoms with E-state index in [1.54, 1.807) is 0 Å². The minimum atomic E-state index is -0.622. The Bertz CT molecular complexity index is 424. The Morgan fingerprint density at radius 2 is 1.40 bits per heavy atom. The molecule has 1 aromatic carbocycles. The summed E-state index contributed by atoms with van der Waals surface area (Å²) in [6.45, 7) is 0.863. The van der Waals surface area contributed by atoms with Gasteiger partial charge in [0.2, 0.25) is 0 Å². The minimum absolute atomic E-state index is 0.0421. The van der Waals surface area contributed by atoms with Crippen molar-refractivity contribution in [2.24, 2.45) is 0 Å². The van der Waals surface area contributed by atoms with Crippen LogP contribution in [0, 0.1) is 18.8 Å². The van der Waals surface area contributed by atoms with E-state index in [0.29, 0.717) is 0 Å². The molecule has 0 atom stereocenters. The Hall–Kier alpha value is -2.06. The summed E-state index contributed by atoms with van der Waals surface area (Å²) in [5.74, 6) is 2.06. The van der Waals surface area contributed by atoms with Gasteiger partial charge in [-0.15, -0.1) is 0 Å². The monoisotopic (exact) mass is 210 g/mol. The molecular weight excluding hydrogens is 200 g/mol. The van der Waals surface area contributed by atoms with Crippen molar-refractivity contribution in [3.8, 4) is 34.8 Å². The molecule has 0 aliphatic heterocycles. The van der Waals surface area contributed by atoms with Crippen molar-refractivity contribution in [3.63, 3.8) is 0 Å². The quantitative estimate of drug-likeness (QED) is 0.238. The molecule has 80 valence electrons. The van der Waals surface area contributed by atoms with E-state index in [2.05, 4.69) is 11.8 Å². The molecule has 0 bridgehead atoms. The first-order chi connectivity index (χ1) is 7.00. The van der Waals surface area contributed by atoms with E-state index in [-0.39, 0.29) is 11.1 Å². The number of hydrogen-bond acceptors (Lipinski definition) is 5. The van der Waals surface area contributed by atoms with Crippen molar-refractivity contribution >= 4 is 0 Å². The van der Waals surface area contributed by atoms with Crippen molar-refractivity contribution in [1.29, 1.82) is 0 Å². The molecule has 0 aromatic heterocycles. The number of aliphatic hydroxyl groups excluding tert-OH is 1. The topological polar surface area (TPSA) is 101 Å². The fraction of sp³-hybridized carbons (Fsp3) is 0.200. The van der Waals surface area contributed by atoms with Gasteiger partial charge in [0.25, 0.3) is 0 Å². The molecule has 0 saturated carbocycles. The first-order valence-electron chi connectivity index (χ1n) is 4.06. The van der Waals surface area contributed by atoms with Crippen LogP contribution in [0.15, 0.2) is 0 Å². The van der Waals surface area contributed by atoms with Crippen LogP contribution in [-0.4, -0.2) is 32.1 Å². The Morgan fingerprint density at radius 1 is 0.933 bits per heavy atom. The van der Waals surface area contributed by atoms with Crippen LogP contribution < -0.4 is 0 Å². The maximum atomic E-state index is 9.41. The van der Waals surface area contributed by atoms with E-state index in [0.717, 1.165) is 0 Å². The predicted molar refractivity (Wildman–Crippen MR) is 51.8 cm³/mol. The lowest BCUT2D eigenvalue weighted by atomic mass is 10.1. The Kier molecular flexibility index (Phi) is 2.93. The average molecular weight is 210 g/mol. The minimum Gasteiger partial charge on any atom is -0.504 e. The summed E-state index contributed by atoms with van der Waals surface area (Å²) in [6, 6.07) is 0. The fourth-order valence-electron chi connectivity index (χ4n) is 1.06. The van der Waals surface area contributed by atoms with Crippen molar-refractivity contribution in [2.75, 3.05) is 6.61 Å². The summed E-state index contributed by atoms with van der Waals surface area (Å²) in [5, 5.41) is 45.9. The Balaban J connectivity index is 3.52. The van der Waals surface area contributed by atoms with Crippen LogP contribution in [0.25, 0.3) is 0 Å². The summed E-state index contributed by atoms with van der Waals surface area (Å²) in [7, 11) is 0. The van der Waals surface area contributed by atoms with E-state index in [1.807, 2.05) is 0 Å². The molecular formula is C10H10O5. The third-order valence-corrected chi connectivity index (χ3v) is 1.93. The van der Waals surface area contributed by atoms with Crippen LogP contribution in [0.4, 0.5) is 0 Å². The summed E-state index contributed by atoms with van der Waals surface area (Å²) < 4.78 is 0. The summed E-state index contributed by atoms with van der Waals surface area (Å²) >= 11 is 0. The van der Waals surface area contributed by atoms with Gasteiger partial charge in [-0.25, -0.2) is 0 Å². The number of rotatable bonds is 0. The molecule has 0 aliphatic rings. The van der Waals surface area contributed by atoms with Crippen LogP contribution in [0.1, 0.15) is 11.1 Å². The summed E-state index contributed by atoms with van der Waals surface area (Å²) in [6.07, 6.45) is 0. The van der Waals surface area contributed by atoms with Gasteiger partial charge >= 0.3 is 0 Å². The summed E-state index contributed by atoms with van der Waals surface area (Å²) in [4.78, 5) is 0. The number of aliphatic hydroxyl groups is 1. The molecule has 5 N–H and O–H groups in total. The molecule has 0 amide bonds. The smallest absolute Gasteiger partial charge is 0.177 e. The van der Waals surface area contributed by atoms with E-state index in [4.69, 9.17) is 5.11 Å². The molecule has 0 fully saturated rings. The number of aromatic hydroxyl groups is 4. The third-order valence-electron chi connectivity index (χ3n) is 1.93. The van der Waals surface area contributed by atoms with E-state index in [1.165, 1.54) is 6.92 Å². The largest absolute Gasteiger partial charge is 0.504 e. The molecule has 5 nitrogen and oxygen atoms in total. The van der Waals surface area contributed by atoms with E-state index < -0.39 is 29.6 Å². The van der Waals surface area contributed by atoms with Gasteiger partial charge in [-0.2, -0.15) is 0 Å². The number of benzene rings is 1. The fourth-order valence-corrected chi connectivity index (χ4v) is 1.06. The second-order valence-corrected chi connectivity index (χ2v) is 2.85. The zero-order valence-electron chi connectivity index (χ0n) is 7.94. The molecule has 15 heavy (non-hydrogen) atoms. The van der Waals surface area contributed by atoms with Crippen molar-refractivity contribution in [3.05, 3.63) is 11.1 Å². The maximum absolute atomic E-state index is 9.41.